The van der Waals surface area contributed by atoms with Crippen LogP contribution in [0.1, 0.15) is 71.6 Å². The molecule has 1 aliphatic carbocycles. The van der Waals surface area contributed by atoms with Crippen molar-refractivity contribution < 1.29 is 9.47 Å². The third-order valence-corrected chi connectivity index (χ3v) is 4.10. The van der Waals surface area contributed by atoms with Crippen LogP contribution < -0.4 is 0 Å². The highest BCUT2D eigenvalue weighted by atomic mass is 16.7. The maximum atomic E-state index is 6.16. The second kappa shape index (κ2) is 6.19. The highest BCUT2D eigenvalue weighted by Crippen LogP contribution is 2.47. The van der Waals surface area contributed by atoms with Crippen LogP contribution in [0.25, 0.3) is 0 Å². The molecule has 2 nitrogen and oxygen atoms in total. The molecule has 1 heterocycles. The lowest BCUT2D eigenvalue weighted by atomic mass is 9.96. The van der Waals surface area contributed by atoms with Crippen molar-refractivity contribution in [3.05, 3.63) is 0 Å². The van der Waals surface area contributed by atoms with Gasteiger partial charge in [-0.3, -0.25) is 0 Å². The molecule has 100 valence electrons. The molecule has 0 aromatic heterocycles. The highest BCUT2D eigenvalue weighted by Gasteiger charge is 2.46. The van der Waals surface area contributed by atoms with Crippen molar-refractivity contribution in [1.29, 1.82) is 0 Å². The van der Waals surface area contributed by atoms with E-state index in [4.69, 9.17) is 9.47 Å². The van der Waals surface area contributed by atoms with Gasteiger partial charge in [-0.25, -0.2) is 0 Å². The number of hydrogen-bond acceptors (Lipinski definition) is 2. The van der Waals surface area contributed by atoms with Gasteiger partial charge in [0.05, 0.1) is 5.60 Å². The zero-order chi connectivity index (χ0) is 12.1. The fourth-order valence-corrected chi connectivity index (χ4v) is 2.91. The zero-order valence-corrected chi connectivity index (χ0v) is 11.5. The van der Waals surface area contributed by atoms with Gasteiger partial charge >= 0.3 is 0 Å². The Balaban J connectivity index is 1.66. The van der Waals surface area contributed by atoms with Crippen LogP contribution in [0.5, 0.6) is 0 Å². The smallest absolute Gasteiger partial charge is 0.158 e. The van der Waals surface area contributed by atoms with E-state index < -0.39 is 0 Å². The number of ether oxygens (including phenoxy) is 2. The molecule has 2 atom stereocenters. The van der Waals surface area contributed by atoms with Crippen LogP contribution in [0.4, 0.5) is 0 Å². The average Bonchev–Trinajstić information content (AvgIpc) is 2.84. The van der Waals surface area contributed by atoms with Gasteiger partial charge in [0, 0.05) is 13.0 Å². The summed E-state index contributed by atoms with van der Waals surface area (Å²) in [4.78, 5) is 0. The van der Waals surface area contributed by atoms with Gasteiger partial charge in [-0.05, 0) is 31.6 Å². The van der Waals surface area contributed by atoms with Crippen molar-refractivity contribution in [2.75, 3.05) is 6.61 Å². The summed E-state index contributed by atoms with van der Waals surface area (Å²) >= 11 is 0. The van der Waals surface area contributed by atoms with Gasteiger partial charge in [-0.1, -0.05) is 39.5 Å². The fourth-order valence-electron chi connectivity index (χ4n) is 2.91. The third-order valence-electron chi connectivity index (χ3n) is 4.10. The van der Waals surface area contributed by atoms with Gasteiger partial charge in [0.25, 0.3) is 0 Å². The maximum Gasteiger partial charge on any atom is 0.158 e. The molecule has 0 radical (unpaired) electrons. The van der Waals surface area contributed by atoms with E-state index in [1.165, 1.54) is 51.4 Å². The predicted molar refractivity (Wildman–Crippen MR) is 69.9 cm³/mol. The van der Waals surface area contributed by atoms with E-state index in [-0.39, 0.29) is 11.9 Å². The molecule has 0 aromatic rings. The molecule has 2 fully saturated rings. The minimum absolute atomic E-state index is 0.111. The molecule has 0 bridgehead atoms. The van der Waals surface area contributed by atoms with Crippen LogP contribution in [0.2, 0.25) is 0 Å². The van der Waals surface area contributed by atoms with Crippen molar-refractivity contribution in [3.8, 4) is 0 Å². The van der Waals surface area contributed by atoms with Gasteiger partial charge in [-0.2, -0.15) is 0 Å². The Hall–Kier alpha value is -0.0800. The summed E-state index contributed by atoms with van der Waals surface area (Å²) in [5, 5.41) is 0. The maximum absolute atomic E-state index is 6.16. The van der Waals surface area contributed by atoms with Crippen LogP contribution >= 0.6 is 0 Å². The van der Waals surface area contributed by atoms with Gasteiger partial charge < -0.3 is 9.47 Å². The molecule has 0 N–H and O–H groups in total. The lowest BCUT2D eigenvalue weighted by Gasteiger charge is -2.24. The first-order chi connectivity index (χ1) is 8.24. The van der Waals surface area contributed by atoms with E-state index in [2.05, 4.69) is 13.8 Å². The summed E-state index contributed by atoms with van der Waals surface area (Å²) in [6.45, 7) is 5.55. The molecule has 17 heavy (non-hydrogen) atoms. The normalized spacial score (nSPS) is 28.2. The largest absolute Gasteiger partial charge is 0.353 e. The summed E-state index contributed by atoms with van der Waals surface area (Å²) < 4.78 is 11.8. The molecule has 2 aliphatic rings. The van der Waals surface area contributed by atoms with Crippen LogP contribution in [0.3, 0.4) is 0 Å². The molecular weight excluding hydrogens is 212 g/mol. The van der Waals surface area contributed by atoms with Crippen molar-refractivity contribution in [2.45, 2.75) is 83.5 Å². The van der Waals surface area contributed by atoms with Crippen molar-refractivity contribution in [1.82, 2.24) is 0 Å². The minimum atomic E-state index is 0.111. The van der Waals surface area contributed by atoms with E-state index in [1.54, 1.807) is 0 Å². The molecule has 2 rings (SSSR count). The Morgan fingerprint density at radius 2 is 2.18 bits per heavy atom. The topological polar surface area (TPSA) is 18.5 Å². The Bertz CT molecular complexity index is 217. The third kappa shape index (κ3) is 4.26. The van der Waals surface area contributed by atoms with E-state index in [0.717, 1.165) is 18.9 Å². The van der Waals surface area contributed by atoms with Crippen LogP contribution in [-0.2, 0) is 9.47 Å². The molecular formula is C15H28O2. The first kappa shape index (κ1) is 13.4. The first-order valence-electron chi connectivity index (χ1n) is 7.53. The van der Waals surface area contributed by atoms with E-state index in [1.807, 2.05) is 0 Å². The van der Waals surface area contributed by atoms with E-state index in [0.29, 0.717) is 0 Å². The van der Waals surface area contributed by atoms with E-state index in [9.17, 15) is 0 Å². The van der Waals surface area contributed by atoms with Crippen molar-refractivity contribution >= 4 is 0 Å². The van der Waals surface area contributed by atoms with Crippen LogP contribution in [0.15, 0.2) is 0 Å². The van der Waals surface area contributed by atoms with Gasteiger partial charge in [0.2, 0.25) is 0 Å². The quantitative estimate of drug-likeness (QED) is 0.590. The Labute approximate surface area is 106 Å². The standard InChI is InChI=1S/C15H28O2/c1-3-4-5-7-13(2)12-15(9-10-15)17-14-8-6-11-16-14/h13-14H,3-12H2,1-2H3. The molecule has 0 amide bonds. The zero-order valence-electron chi connectivity index (χ0n) is 11.5. The average molecular weight is 240 g/mol. The van der Waals surface area contributed by atoms with Crippen molar-refractivity contribution in [3.63, 3.8) is 0 Å². The lowest BCUT2D eigenvalue weighted by molar-refractivity contribution is -0.159. The number of hydrogen-bond donors (Lipinski definition) is 0. The lowest BCUT2D eigenvalue weighted by Crippen LogP contribution is -2.25. The minimum Gasteiger partial charge on any atom is -0.353 e. The second-order valence-corrected chi connectivity index (χ2v) is 6.05. The van der Waals surface area contributed by atoms with Gasteiger partial charge in [0.1, 0.15) is 0 Å². The summed E-state index contributed by atoms with van der Waals surface area (Å²) in [7, 11) is 0. The Kier molecular flexibility index (Phi) is 4.87. The summed E-state index contributed by atoms with van der Waals surface area (Å²) in [5.41, 5.74) is 0.209. The van der Waals surface area contributed by atoms with Crippen LogP contribution in [0, 0.1) is 5.92 Å². The van der Waals surface area contributed by atoms with Gasteiger partial charge in [0.15, 0.2) is 6.29 Å². The van der Waals surface area contributed by atoms with Crippen molar-refractivity contribution in [2.24, 2.45) is 5.92 Å². The summed E-state index contributed by atoms with van der Waals surface area (Å²) in [6.07, 6.45) is 11.6. The number of rotatable bonds is 8. The molecule has 0 spiro atoms. The molecule has 1 saturated heterocycles. The number of unbranched alkanes of at least 4 members (excludes halogenated alkanes) is 2. The Morgan fingerprint density at radius 1 is 1.35 bits per heavy atom. The fraction of sp³-hybridized carbons (Fsp3) is 1.00. The Morgan fingerprint density at radius 3 is 2.76 bits per heavy atom. The van der Waals surface area contributed by atoms with Gasteiger partial charge in [-0.15, -0.1) is 0 Å². The summed E-state index contributed by atoms with van der Waals surface area (Å²) in [6, 6.07) is 0. The monoisotopic (exact) mass is 240 g/mol. The molecule has 1 aliphatic heterocycles. The highest BCUT2D eigenvalue weighted by molar-refractivity contribution is 4.97. The molecule has 2 heteroatoms. The summed E-state index contributed by atoms with van der Waals surface area (Å²) in [5.74, 6) is 0.811. The molecule has 0 aromatic carbocycles. The predicted octanol–water partition coefficient (Wildman–Crippen LogP) is 4.28. The molecule has 1 saturated carbocycles. The van der Waals surface area contributed by atoms with Crippen LogP contribution in [-0.4, -0.2) is 18.5 Å². The SMILES string of the molecule is CCCCCC(C)CC1(OC2CCCO2)CC1. The second-order valence-electron chi connectivity index (χ2n) is 6.05. The van der Waals surface area contributed by atoms with E-state index >= 15 is 0 Å². The molecule has 2 unspecified atom stereocenters. The first-order valence-corrected chi connectivity index (χ1v) is 7.53.